The maximum absolute atomic E-state index is 10.7. The third kappa shape index (κ3) is 3.16. The van der Waals surface area contributed by atoms with Gasteiger partial charge in [0.05, 0.1) is 5.02 Å². The van der Waals surface area contributed by atoms with Crippen molar-refractivity contribution in [3.05, 3.63) is 50.1 Å². The van der Waals surface area contributed by atoms with Crippen molar-refractivity contribution in [2.45, 2.75) is 6.61 Å². The average Bonchev–Trinajstić information content (AvgIpc) is 2.76. The molecular weight excluding hydrogens is 295 g/mol. The Balaban J connectivity index is 2.04. The van der Waals surface area contributed by atoms with E-state index in [1.54, 1.807) is 29.6 Å². The highest BCUT2D eigenvalue weighted by molar-refractivity contribution is 7.12. The van der Waals surface area contributed by atoms with Crippen LogP contribution in [0.5, 0.6) is 5.75 Å². The van der Waals surface area contributed by atoms with Gasteiger partial charge in [0.25, 0.3) is 0 Å². The number of rotatable bonds is 4. The fourth-order valence-corrected chi connectivity index (χ4v) is 2.51. The van der Waals surface area contributed by atoms with Crippen LogP contribution in [0.3, 0.4) is 0 Å². The smallest absolute Gasteiger partial charge is 0.345 e. The first-order chi connectivity index (χ1) is 8.56. The summed E-state index contributed by atoms with van der Waals surface area (Å²) in [7, 11) is 0. The maximum atomic E-state index is 10.7. The summed E-state index contributed by atoms with van der Waals surface area (Å²) in [6.45, 7) is 0.269. The number of hydrogen-bond acceptors (Lipinski definition) is 3. The zero-order valence-corrected chi connectivity index (χ0v) is 11.4. The lowest BCUT2D eigenvalue weighted by atomic mass is 10.3. The molecule has 0 bridgehead atoms. The topological polar surface area (TPSA) is 46.5 Å². The molecule has 0 saturated carbocycles. The van der Waals surface area contributed by atoms with E-state index in [0.29, 0.717) is 15.8 Å². The van der Waals surface area contributed by atoms with E-state index in [2.05, 4.69) is 0 Å². The van der Waals surface area contributed by atoms with Gasteiger partial charge in [-0.05, 0) is 29.6 Å². The lowest BCUT2D eigenvalue weighted by Crippen LogP contribution is -1.95. The normalized spacial score (nSPS) is 10.3. The van der Waals surface area contributed by atoms with Gasteiger partial charge in [0.1, 0.15) is 17.2 Å². The van der Waals surface area contributed by atoms with Crippen molar-refractivity contribution in [3.8, 4) is 5.75 Å². The third-order valence-electron chi connectivity index (χ3n) is 2.15. The van der Waals surface area contributed by atoms with E-state index in [-0.39, 0.29) is 11.5 Å². The molecule has 2 aromatic rings. The second-order valence-electron chi connectivity index (χ2n) is 3.49. The summed E-state index contributed by atoms with van der Waals surface area (Å²) in [6.07, 6.45) is 0. The van der Waals surface area contributed by atoms with Crippen molar-refractivity contribution in [1.29, 1.82) is 0 Å². The summed E-state index contributed by atoms with van der Waals surface area (Å²) >= 11 is 12.9. The first kappa shape index (κ1) is 13.2. The van der Waals surface area contributed by atoms with Crippen molar-refractivity contribution in [2.75, 3.05) is 0 Å². The van der Waals surface area contributed by atoms with E-state index in [0.717, 1.165) is 5.56 Å². The molecule has 0 saturated heterocycles. The van der Waals surface area contributed by atoms with Gasteiger partial charge in [0.15, 0.2) is 0 Å². The molecule has 0 fully saturated rings. The van der Waals surface area contributed by atoms with Gasteiger partial charge in [-0.15, -0.1) is 11.3 Å². The predicted molar refractivity (Wildman–Crippen MR) is 72.1 cm³/mol. The Morgan fingerprint density at radius 3 is 2.72 bits per heavy atom. The summed E-state index contributed by atoms with van der Waals surface area (Å²) in [5, 5.41) is 11.5. The Morgan fingerprint density at radius 2 is 2.11 bits per heavy atom. The fourth-order valence-electron chi connectivity index (χ4n) is 1.32. The van der Waals surface area contributed by atoms with E-state index < -0.39 is 5.97 Å². The van der Waals surface area contributed by atoms with Crippen LogP contribution in [-0.4, -0.2) is 11.1 Å². The molecule has 0 amide bonds. The quantitative estimate of drug-likeness (QED) is 0.914. The van der Waals surface area contributed by atoms with E-state index in [1.807, 2.05) is 0 Å². The highest BCUT2D eigenvalue weighted by Crippen LogP contribution is 2.28. The summed E-state index contributed by atoms with van der Waals surface area (Å²) in [5.74, 6) is -0.417. The van der Waals surface area contributed by atoms with Gasteiger partial charge in [0, 0.05) is 10.6 Å². The maximum Gasteiger partial charge on any atom is 0.345 e. The van der Waals surface area contributed by atoms with Gasteiger partial charge in [-0.1, -0.05) is 23.2 Å². The van der Waals surface area contributed by atoms with Crippen molar-refractivity contribution >= 4 is 40.5 Å². The molecule has 94 valence electrons. The molecule has 0 aliphatic heterocycles. The molecule has 1 aromatic carbocycles. The number of aromatic carboxylic acids is 1. The number of carbonyl (C=O) groups is 1. The van der Waals surface area contributed by atoms with Gasteiger partial charge in [-0.25, -0.2) is 4.79 Å². The zero-order chi connectivity index (χ0) is 13.1. The van der Waals surface area contributed by atoms with Crippen LogP contribution in [0.15, 0.2) is 29.6 Å². The molecule has 1 aromatic heterocycles. The summed E-state index contributed by atoms with van der Waals surface area (Å²) in [5.41, 5.74) is 0.795. The minimum atomic E-state index is -0.934. The molecule has 0 radical (unpaired) electrons. The van der Waals surface area contributed by atoms with Crippen LogP contribution < -0.4 is 4.74 Å². The molecule has 0 aliphatic carbocycles. The molecule has 0 atom stereocenters. The van der Waals surface area contributed by atoms with Gasteiger partial charge in [-0.3, -0.25) is 0 Å². The highest BCUT2D eigenvalue weighted by Gasteiger charge is 2.08. The van der Waals surface area contributed by atoms with Gasteiger partial charge < -0.3 is 9.84 Å². The molecule has 3 nitrogen and oxygen atoms in total. The Morgan fingerprint density at radius 1 is 1.33 bits per heavy atom. The first-order valence-electron chi connectivity index (χ1n) is 4.95. The summed E-state index contributed by atoms with van der Waals surface area (Å²) in [6, 6.07) is 6.53. The first-order valence-corrected chi connectivity index (χ1v) is 6.58. The van der Waals surface area contributed by atoms with E-state index in [4.69, 9.17) is 33.0 Å². The molecule has 18 heavy (non-hydrogen) atoms. The standard InChI is InChI=1S/C12H8Cl2O3S/c13-8-1-2-10(9(14)4-8)17-5-7-3-11(12(15)16)18-6-7/h1-4,6H,5H2,(H,15,16). The number of carboxylic acids is 1. The Hall–Kier alpha value is -1.23. The van der Waals surface area contributed by atoms with Crippen LogP contribution in [0.1, 0.15) is 15.2 Å². The number of halogens is 2. The van der Waals surface area contributed by atoms with Gasteiger partial charge >= 0.3 is 5.97 Å². The van der Waals surface area contributed by atoms with Crippen LogP contribution in [0.4, 0.5) is 0 Å². The Labute approximate surface area is 118 Å². The van der Waals surface area contributed by atoms with E-state index in [9.17, 15) is 4.79 Å². The minimum absolute atomic E-state index is 0.269. The second kappa shape index (κ2) is 5.61. The van der Waals surface area contributed by atoms with Crippen molar-refractivity contribution in [1.82, 2.24) is 0 Å². The summed E-state index contributed by atoms with van der Waals surface area (Å²) < 4.78 is 5.49. The molecule has 0 aliphatic rings. The van der Waals surface area contributed by atoms with Gasteiger partial charge in [0.2, 0.25) is 0 Å². The molecular formula is C12H8Cl2O3S. The second-order valence-corrected chi connectivity index (χ2v) is 5.24. The number of thiophene rings is 1. The van der Waals surface area contributed by atoms with Crippen LogP contribution in [0.2, 0.25) is 10.0 Å². The number of hydrogen-bond donors (Lipinski definition) is 1. The van der Waals surface area contributed by atoms with Crippen LogP contribution in [0, 0.1) is 0 Å². The molecule has 6 heteroatoms. The Bertz CT molecular complexity index is 580. The zero-order valence-electron chi connectivity index (χ0n) is 9.02. The van der Waals surface area contributed by atoms with E-state index >= 15 is 0 Å². The van der Waals surface area contributed by atoms with Crippen LogP contribution in [-0.2, 0) is 6.61 Å². The SMILES string of the molecule is O=C(O)c1cc(COc2ccc(Cl)cc2Cl)cs1. The van der Waals surface area contributed by atoms with E-state index in [1.165, 1.54) is 11.3 Å². The largest absolute Gasteiger partial charge is 0.487 e. The number of benzene rings is 1. The third-order valence-corrected chi connectivity index (χ3v) is 3.65. The average molecular weight is 303 g/mol. The van der Waals surface area contributed by atoms with Crippen molar-refractivity contribution in [3.63, 3.8) is 0 Å². The molecule has 1 heterocycles. The van der Waals surface area contributed by atoms with Crippen molar-refractivity contribution < 1.29 is 14.6 Å². The molecule has 0 spiro atoms. The minimum Gasteiger partial charge on any atom is -0.487 e. The summed E-state index contributed by atoms with van der Waals surface area (Å²) in [4.78, 5) is 11.0. The highest BCUT2D eigenvalue weighted by atomic mass is 35.5. The number of carboxylic acid groups (broad SMARTS) is 1. The van der Waals surface area contributed by atoms with Crippen molar-refractivity contribution in [2.24, 2.45) is 0 Å². The lowest BCUT2D eigenvalue weighted by Gasteiger charge is -2.06. The number of ether oxygens (including phenoxy) is 1. The van der Waals surface area contributed by atoms with Crippen LogP contribution in [0.25, 0.3) is 0 Å². The monoisotopic (exact) mass is 302 g/mol. The van der Waals surface area contributed by atoms with Gasteiger partial charge in [-0.2, -0.15) is 0 Å². The molecule has 1 N–H and O–H groups in total. The predicted octanol–water partition coefficient (Wildman–Crippen LogP) is 4.33. The Kier molecular flexibility index (Phi) is 4.11. The molecule has 2 rings (SSSR count). The lowest BCUT2D eigenvalue weighted by molar-refractivity contribution is 0.0702. The fraction of sp³-hybridized carbons (Fsp3) is 0.0833. The van der Waals surface area contributed by atoms with Crippen LogP contribution >= 0.6 is 34.5 Å². The molecule has 0 unspecified atom stereocenters.